The van der Waals surface area contributed by atoms with Crippen molar-refractivity contribution in [2.24, 2.45) is 0 Å². The molecular weight excluding hydrogens is 370 g/mol. The molecule has 0 bridgehead atoms. The summed E-state index contributed by atoms with van der Waals surface area (Å²) in [5, 5.41) is 4.47. The van der Waals surface area contributed by atoms with Crippen molar-refractivity contribution in [3.8, 4) is 11.4 Å². The average molecular weight is 397 g/mol. The van der Waals surface area contributed by atoms with Crippen molar-refractivity contribution < 1.29 is 14.3 Å². The van der Waals surface area contributed by atoms with E-state index < -0.39 is 0 Å². The minimum atomic E-state index is -0.165. The number of rotatable bonds is 3. The Morgan fingerprint density at radius 3 is 2.14 bits per heavy atom. The number of hydrogen-bond donors (Lipinski definition) is 0. The van der Waals surface area contributed by atoms with E-state index in [-0.39, 0.29) is 11.9 Å². The van der Waals surface area contributed by atoms with Crippen LogP contribution in [0.4, 0.5) is 4.79 Å². The molecule has 8 heteroatoms. The fraction of sp³-hybridized carbons (Fsp3) is 0.476. The molecule has 0 atom stereocenters. The summed E-state index contributed by atoms with van der Waals surface area (Å²) in [6.45, 7) is 3.77. The zero-order valence-corrected chi connectivity index (χ0v) is 16.8. The third-order valence-corrected chi connectivity index (χ3v) is 5.59. The van der Waals surface area contributed by atoms with E-state index in [0.717, 1.165) is 31.6 Å². The topological polar surface area (TPSA) is 70.9 Å². The molecule has 2 saturated heterocycles. The van der Waals surface area contributed by atoms with E-state index in [0.29, 0.717) is 37.6 Å². The van der Waals surface area contributed by atoms with Crippen LogP contribution in [0.25, 0.3) is 5.69 Å². The monoisotopic (exact) mass is 397 g/mol. The van der Waals surface area contributed by atoms with Crippen molar-refractivity contribution in [3.05, 3.63) is 42.2 Å². The number of piperazine rings is 1. The Morgan fingerprint density at radius 1 is 0.862 bits per heavy atom. The van der Waals surface area contributed by atoms with Crippen LogP contribution in [0.15, 0.2) is 36.5 Å². The summed E-state index contributed by atoms with van der Waals surface area (Å²) in [6, 6.07) is 9.72. The van der Waals surface area contributed by atoms with Gasteiger partial charge in [0.25, 0.3) is 5.91 Å². The van der Waals surface area contributed by atoms with Crippen LogP contribution in [0.1, 0.15) is 29.8 Å². The number of urea groups is 1. The number of likely N-dealkylation sites (tertiary alicyclic amines) is 1. The predicted octanol–water partition coefficient (Wildman–Crippen LogP) is 2.24. The lowest BCUT2D eigenvalue weighted by molar-refractivity contribution is 0.0624. The van der Waals surface area contributed by atoms with Gasteiger partial charge in [0.1, 0.15) is 0 Å². The molecule has 2 aliphatic rings. The van der Waals surface area contributed by atoms with Gasteiger partial charge in [0, 0.05) is 39.3 Å². The first kappa shape index (κ1) is 19.3. The van der Waals surface area contributed by atoms with Crippen LogP contribution in [0, 0.1) is 0 Å². The molecule has 29 heavy (non-hydrogen) atoms. The number of methoxy groups -OCH3 is 1. The molecule has 0 N–H and O–H groups in total. The largest absolute Gasteiger partial charge is 0.493 e. The third kappa shape index (κ3) is 4.06. The Labute approximate surface area is 170 Å². The third-order valence-electron chi connectivity index (χ3n) is 5.59. The van der Waals surface area contributed by atoms with Crippen molar-refractivity contribution in [1.29, 1.82) is 0 Å². The second-order valence-corrected chi connectivity index (χ2v) is 7.44. The van der Waals surface area contributed by atoms with Crippen LogP contribution >= 0.6 is 0 Å². The van der Waals surface area contributed by atoms with Gasteiger partial charge in [-0.05, 0) is 31.4 Å². The summed E-state index contributed by atoms with van der Waals surface area (Å²) in [4.78, 5) is 31.3. The summed E-state index contributed by atoms with van der Waals surface area (Å²) in [5.74, 6) is 0.285. The van der Waals surface area contributed by atoms with Crippen LogP contribution in [0.5, 0.6) is 5.75 Å². The number of hydrogen-bond acceptors (Lipinski definition) is 4. The normalized spacial score (nSPS) is 17.3. The van der Waals surface area contributed by atoms with Crippen LogP contribution in [-0.4, -0.2) is 82.8 Å². The molecule has 4 rings (SSSR count). The molecule has 2 fully saturated rings. The van der Waals surface area contributed by atoms with E-state index in [1.165, 1.54) is 6.42 Å². The minimum Gasteiger partial charge on any atom is -0.493 e. The SMILES string of the molecule is COc1cn(-c2ccccc2)nc1C(=O)N1CCN(C(=O)N2CCCCC2)CC1. The number of amides is 3. The van der Waals surface area contributed by atoms with E-state index in [1.54, 1.807) is 22.9 Å². The highest BCUT2D eigenvalue weighted by Gasteiger charge is 2.30. The smallest absolute Gasteiger partial charge is 0.320 e. The Balaban J connectivity index is 1.42. The molecular formula is C21H27N5O3. The molecule has 2 aliphatic heterocycles. The van der Waals surface area contributed by atoms with Gasteiger partial charge < -0.3 is 19.4 Å². The Bertz CT molecular complexity index is 852. The van der Waals surface area contributed by atoms with Gasteiger partial charge >= 0.3 is 6.03 Å². The Hall–Kier alpha value is -3.03. The van der Waals surface area contributed by atoms with Crippen molar-refractivity contribution in [2.75, 3.05) is 46.4 Å². The van der Waals surface area contributed by atoms with Crippen LogP contribution < -0.4 is 4.74 Å². The number of piperidine rings is 1. The van der Waals surface area contributed by atoms with Gasteiger partial charge in [0.15, 0.2) is 11.4 Å². The van der Waals surface area contributed by atoms with Crippen LogP contribution in [0.3, 0.4) is 0 Å². The standard InChI is InChI=1S/C21H27N5O3/c1-29-18-16-26(17-8-4-2-5-9-17)22-19(18)20(27)23-12-14-25(15-13-23)21(28)24-10-6-3-7-11-24/h2,4-5,8-9,16H,3,6-7,10-15H2,1H3. The second-order valence-electron chi connectivity index (χ2n) is 7.44. The first-order valence-corrected chi connectivity index (χ1v) is 10.2. The van der Waals surface area contributed by atoms with Crippen molar-refractivity contribution in [2.45, 2.75) is 19.3 Å². The summed E-state index contributed by atoms with van der Waals surface area (Å²) in [7, 11) is 1.54. The maximum absolute atomic E-state index is 13.1. The molecule has 0 unspecified atom stereocenters. The summed E-state index contributed by atoms with van der Waals surface area (Å²) < 4.78 is 7.05. The van der Waals surface area contributed by atoms with Gasteiger partial charge in [-0.15, -0.1) is 0 Å². The Kier molecular flexibility index (Phi) is 5.69. The van der Waals surface area contributed by atoms with Gasteiger partial charge in [-0.2, -0.15) is 5.10 Å². The van der Waals surface area contributed by atoms with Crippen molar-refractivity contribution in [3.63, 3.8) is 0 Å². The number of carbonyl (C=O) groups excluding carboxylic acids is 2. The molecule has 0 radical (unpaired) electrons. The second kappa shape index (κ2) is 8.55. The average Bonchev–Trinajstić information content (AvgIpc) is 3.24. The van der Waals surface area contributed by atoms with E-state index in [9.17, 15) is 9.59 Å². The fourth-order valence-corrected chi connectivity index (χ4v) is 3.90. The highest BCUT2D eigenvalue weighted by Crippen LogP contribution is 2.22. The predicted molar refractivity (Wildman–Crippen MR) is 108 cm³/mol. The van der Waals surface area contributed by atoms with Gasteiger partial charge in [-0.25, -0.2) is 9.48 Å². The Morgan fingerprint density at radius 2 is 1.48 bits per heavy atom. The maximum Gasteiger partial charge on any atom is 0.320 e. The van der Waals surface area contributed by atoms with E-state index in [1.807, 2.05) is 40.1 Å². The quantitative estimate of drug-likeness (QED) is 0.796. The van der Waals surface area contributed by atoms with Crippen molar-refractivity contribution >= 4 is 11.9 Å². The molecule has 3 amide bonds. The zero-order valence-electron chi connectivity index (χ0n) is 16.8. The first-order chi connectivity index (χ1) is 14.2. The lowest BCUT2D eigenvalue weighted by atomic mass is 10.1. The molecule has 3 heterocycles. The molecule has 0 spiro atoms. The van der Waals surface area contributed by atoms with E-state index in [2.05, 4.69) is 5.10 Å². The minimum absolute atomic E-state index is 0.0998. The number of carbonyl (C=O) groups is 2. The number of para-hydroxylation sites is 1. The molecule has 2 aromatic rings. The van der Waals surface area contributed by atoms with Gasteiger partial charge in [0.05, 0.1) is 19.0 Å². The highest BCUT2D eigenvalue weighted by molar-refractivity contribution is 5.95. The summed E-state index contributed by atoms with van der Waals surface area (Å²) in [6.07, 6.45) is 5.07. The summed E-state index contributed by atoms with van der Waals surface area (Å²) >= 11 is 0. The highest BCUT2D eigenvalue weighted by atomic mass is 16.5. The molecule has 0 aliphatic carbocycles. The number of ether oxygens (including phenoxy) is 1. The number of aromatic nitrogens is 2. The zero-order chi connectivity index (χ0) is 20.2. The molecule has 0 saturated carbocycles. The fourth-order valence-electron chi connectivity index (χ4n) is 3.90. The lowest BCUT2D eigenvalue weighted by Gasteiger charge is -2.38. The molecule has 1 aromatic carbocycles. The van der Waals surface area contributed by atoms with E-state index >= 15 is 0 Å². The van der Waals surface area contributed by atoms with Gasteiger partial charge in [-0.3, -0.25) is 4.79 Å². The molecule has 8 nitrogen and oxygen atoms in total. The lowest BCUT2D eigenvalue weighted by Crippen LogP contribution is -2.54. The molecule has 1 aromatic heterocycles. The molecule has 154 valence electrons. The maximum atomic E-state index is 13.1. The van der Waals surface area contributed by atoms with Gasteiger partial charge in [-0.1, -0.05) is 18.2 Å². The number of nitrogens with zero attached hydrogens (tertiary/aromatic N) is 5. The first-order valence-electron chi connectivity index (χ1n) is 10.2. The van der Waals surface area contributed by atoms with Crippen molar-refractivity contribution in [1.82, 2.24) is 24.5 Å². The van der Waals surface area contributed by atoms with Gasteiger partial charge in [0.2, 0.25) is 0 Å². The van der Waals surface area contributed by atoms with Crippen LogP contribution in [0.2, 0.25) is 0 Å². The summed E-state index contributed by atoms with van der Waals surface area (Å²) in [5.41, 5.74) is 1.16. The van der Waals surface area contributed by atoms with E-state index in [4.69, 9.17) is 4.74 Å². The number of benzene rings is 1. The van der Waals surface area contributed by atoms with Crippen LogP contribution in [-0.2, 0) is 0 Å².